The number of alkyl halides is 1. The molecule has 0 spiro atoms. The molecule has 0 N–H and O–H groups in total. The Morgan fingerprint density at radius 1 is 1.11 bits per heavy atom. The zero-order valence-electron chi connectivity index (χ0n) is 10.2. The van der Waals surface area contributed by atoms with E-state index in [2.05, 4.69) is 15.9 Å². The van der Waals surface area contributed by atoms with Crippen molar-refractivity contribution in [3.05, 3.63) is 68.9 Å². The van der Waals surface area contributed by atoms with Gasteiger partial charge >= 0.3 is 0 Å². The van der Waals surface area contributed by atoms with E-state index in [0.717, 1.165) is 26.7 Å². The van der Waals surface area contributed by atoms with E-state index in [1.807, 2.05) is 38.1 Å². The zero-order chi connectivity index (χ0) is 13.3. The largest absolute Gasteiger partial charge is 0.207 e. The molecule has 0 aliphatic carbocycles. The molecule has 0 fully saturated rings. The van der Waals surface area contributed by atoms with Crippen molar-refractivity contribution in [2.45, 2.75) is 19.2 Å². The highest BCUT2D eigenvalue weighted by Gasteiger charge is 2.16. The predicted molar refractivity (Wildman–Crippen MR) is 77.7 cm³/mol. The minimum absolute atomic E-state index is 0.216. The maximum Gasteiger partial charge on any atom is 0.123 e. The van der Waals surface area contributed by atoms with E-state index in [-0.39, 0.29) is 11.2 Å². The highest BCUT2D eigenvalue weighted by Crippen LogP contribution is 2.34. The predicted octanol–water partition coefficient (Wildman–Crippen LogP) is 5.53. The van der Waals surface area contributed by atoms with Gasteiger partial charge in [-0.25, -0.2) is 4.39 Å². The van der Waals surface area contributed by atoms with E-state index >= 15 is 0 Å². The SMILES string of the molecule is Cc1cc(F)cc(C)c1C(Cl)c1cccc(Br)c1. The maximum atomic E-state index is 13.3. The highest BCUT2D eigenvalue weighted by atomic mass is 79.9. The summed E-state index contributed by atoms with van der Waals surface area (Å²) in [7, 11) is 0. The number of benzene rings is 2. The number of hydrogen-bond donors (Lipinski definition) is 0. The van der Waals surface area contributed by atoms with Gasteiger partial charge in [0.25, 0.3) is 0 Å². The minimum atomic E-state index is -0.261. The Morgan fingerprint density at radius 2 is 1.72 bits per heavy atom. The second-order valence-corrected chi connectivity index (χ2v) is 5.72. The normalized spacial score (nSPS) is 12.5. The fraction of sp³-hybridized carbons (Fsp3) is 0.200. The van der Waals surface area contributed by atoms with Crippen LogP contribution >= 0.6 is 27.5 Å². The summed E-state index contributed by atoms with van der Waals surface area (Å²) in [5.74, 6) is -0.216. The first-order chi connectivity index (χ1) is 8.49. The van der Waals surface area contributed by atoms with Crippen molar-refractivity contribution >= 4 is 27.5 Å². The minimum Gasteiger partial charge on any atom is -0.207 e. The maximum absolute atomic E-state index is 13.3. The van der Waals surface area contributed by atoms with Gasteiger partial charge in [0.05, 0.1) is 5.38 Å². The van der Waals surface area contributed by atoms with Crippen LogP contribution in [0.25, 0.3) is 0 Å². The Labute approximate surface area is 120 Å². The van der Waals surface area contributed by atoms with Gasteiger partial charge < -0.3 is 0 Å². The van der Waals surface area contributed by atoms with Crippen LogP contribution in [-0.4, -0.2) is 0 Å². The quantitative estimate of drug-likeness (QED) is 0.636. The van der Waals surface area contributed by atoms with Gasteiger partial charge in [-0.05, 0) is 60.4 Å². The van der Waals surface area contributed by atoms with Crippen LogP contribution in [0.5, 0.6) is 0 Å². The molecule has 0 aliphatic rings. The monoisotopic (exact) mass is 326 g/mol. The van der Waals surface area contributed by atoms with Crippen molar-refractivity contribution in [1.82, 2.24) is 0 Å². The molecule has 0 radical (unpaired) electrons. The molecule has 0 amide bonds. The van der Waals surface area contributed by atoms with Gasteiger partial charge in [-0.2, -0.15) is 0 Å². The Bertz CT molecular complexity index is 557. The first kappa shape index (κ1) is 13.6. The van der Waals surface area contributed by atoms with Crippen molar-refractivity contribution in [1.29, 1.82) is 0 Å². The molecule has 0 aromatic heterocycles. The molecule has 0 nitrogen and oxygen atoms in total. The number of halogens is 3. The number of aryl methyl sites for hydroxylation is 2. The first-order valence-corrected chi connectivity index (χ1v) is 6.88. The fourth-order valence-electron chi connectivity index (χ4n) is 2.15. The summed E-state index contributed by atoms with van der Waals surface area (Å²) in [6.07, 6.45) is 0. The summed E-state index contributed by atoms with van der Waals surface area (Å²) in [6, 6.07) is 10.9. The van der Waals surface area contributed by atoms with E-state index in [4.69, 9.17) is 11.6 Å². The molecule has 18 heavy (non-hydrogen) atoms. The number of rotatable bonds is 2. The summed E-state index contributed by atoms with van der Waals surface area (Å²) in [4.78, 5) is 0. The van der Waals surface area contributed by atoms with Crippen LogP contribution in [0.2, 0.25) is 0 Å². The summed E-state index contributed by atoms with van der Waals surface area (Å²) < 4.78 is 14.3. The smallest absolute Gasteiger partial charge is 0.123 e. The van der Waals surface area contributed by atoms with Crippen LogP contribution in [0.3, 0.4) is 0 Å². The summed E-state index contributed by atoms with van der Waals surface area (Å²) in [6.45, 7) is 3.78. The van der Waals surface area contributed by atoms with Crippen molar-refractivity contribution in [2.24, 2.45) is 0 Å². The zero-order valence-corrected chi connectivity index (χ0v) is 12.5. The van der Waals surface area contributed by atoms with Crippen molar-refractivity contribution in [3.63, 3.8) is 0 Å². The molecule has 2 aromatic rings. The van der Waals surface area contributed by atoms with Gasteiger partial charge in [-0.1, -0.05) is 28.1 Å². The Balaban J connectivity index is 2.49. The molecule has 2 aromatic carbocycles. The molecule has 3 heteroatoms. The molecule has 0 saturated carbocycles. The first-order valence-electron chi connectivity index (χ1n) is 5.65. The average molecular weight is 328 g/mol. The molecule has 1 atom stereocenters. The molecule has 0 saturated heterocycles. The molecule has 0 bridgehead atoms. The standard InChI is InChI=1S/C15H13BrClF/c1-9-6-13(18)7-10(2)14(9)15(17)11-4-3-5-12(16)8-11/h3-8,15H,1-2H3. The second kappa shape index (κ2) is 5.41. The lowest BCUT2D eigenvalue weighted by atomic mass is 9.95. The van der Waals surface area contributed by atoms with Crippen LogP contribution < -0.4 is 0 Å². The lowest BCUT2D eigenvalue weighted by molar-refractivity contribution is 0.624. The topological polar surface area (TPSA) is 0 Å². The van der Waals surface area contributed by atoms with E-state index < -0.39 is 0 Å². The summed E-state index contributed by atoms with van der Waals surface area (Å²) in [5.41, 5.74) is 3.75. The molecular formula is C15H13BrClF. The molecule has 2 rings (SSSR count). The third-order valence-corrected chi connectivity index (χ3v) is 3.92. The highest BCUT2D eigenvalue weighted by molar-refractivity contribution is 9.10. The lowest BCUT2D eigenvalue weighted by Crippen LogP contribution is -2.00. The van der Waals surface area contributed by atoms with Gasteiger partial charge in [0.2, 0.25) is 0 Å². The van der Waals surface area contributed by atoms with Crippen LogP contribution in [-0.2, 0) is 0 Å². The van der Waals surface area contributed by atoms with Crippen molar-refractivity contribution in [3.8, 4) is 0 Å². The molecule has 94 valence electrons. The van der Waals surface area contributed by atoms with Crippen LogP contribution in [0.1, 0.15) is 27.6 Å². The Kier molecular flexibility index (Phi) is 4.08. The van der Waals surface area contributed by atoms with Crippen LogP contribution in [0.15, 0.2) is 40.9 Å². The average Bonchev–Trinajstić information content (AvgIpc) is 2.27. The fourth-order valence-corrected chi connectivity index (χ4v) is 3.05. The summed E-state index contributed by atoms with van der Waals surface area (Å²) >= 11 is 9.96. The molecule has 0 aliphatic heterocycles. The van der Waals surface area contributed by atoms with E-state index in [0.29, 0.717) is 0 Å². The lowest BCUT2D eigenvalue weighted by Gasteiger charge is -2.16. The molecule has 0 heterocycles. The Morgan fingerprint density at radius 3 is 2.28 bits per heavy atom. The van der Waals surface area contributed by atoms with Gasteiger partial charge in [0.15, 0.2) is 0 Å². The molecular weight excluding hydrogens is 315 g/mol. The number of hydrogen-bond acceptors (Lipinski definition) is 0. The van der Waals surface area contributed by atoms with Gasteiger partial charge in [-0.15, -0.1) is 11.6 Å². The summed E-state index contributed by atoms with van der Waals surface area (Å²) in [5, 5.41) is -0.261. The van der Waals surface area contributed by atoms with Crippen molar-refractivity contribution in [2.75, 3.05) is 0 Å². The third kappa shape index (κ3) is 2.76. The van der Waals surface area contributed by atoms with Gasteiger partial charge in [0, 0.05) is 4.47 Å². The van der Waals surface area contributed by atoms with Crippen molar-refractivity contribution < 1.29 is 4.39 Å². The van der Waals surface area contributed by atoms with Gasteiger partial charge in [-0.3, -0.25) is 0 Å². The Hall–Kier alpha value is -0.860. The van der Waals surface area contributed by atoms with E-state index in [1.165, 1.54) is 12.1 Å². The van der Waals surface area contributed by atoms with E-state index in [9.17, 15) is 4.39 Å². The van der Waals surface area contributed by atoms with Crippen LogP contribution in [0.4, 0.5) is 4.39 Å². The third-order valence-electron chi connectivity index (χ3n) is 2.95. The van der Waals surface area contributed by atoms with Gasteiger partial charge in [0.1, 0.15) is 5.82 Å². The molecule has 1 unspecified atom stereocenters. The second-order valence-electron chi connectivity index (χ2n) is 4.37. The van der Waals surface area contributed by atoms with Crippen LogP contribution in [0, 0.1) is 19.7 Å². The van der Waals surface area contributed by atoms with E-state index in [1.54, 1.807) is 0 Å².